The highest BCUT2D eigenvalue weighted by Gasteiger charge is 2.07. The van der Waals surface area contributed by atoms with Crippen molar-refractivity contribution in [2.24, 2.45) is 0 Å². The molecule has 0 saturated heterocycles. The zero-order chi connectivity index (χ0) is 14.7. The summed E-state index contributed by atoms with van der Waals surface area (Å²) in [5.74, 6) is 1.49. The van der Waals surface area contributed by atoms with Crippen molar-refractivity contribution in [1.82, 2.24) is 9.88 Å². The van der Waals surface area contributed by atoms with Crippen LogP contribution in [-0.2, 0) is 6.54 Å². The van der Waals surface area contributed by atoms with Crippen LogP contribution in [0.1, 0.15) is 21.9 Å². The molecule has 3 rings (SSSR count). The quantitative estimate of drug-likeness (QED) is 0.797. The van der Waals surface area contributed by atoms with Crippen molar-refractivity contribution in [3.63, 3.8) is 0 Å². The summed E-state index contributed by atoms with van der Waals surface area (Å²) in [6, 6.07) is 15.2. The lowest BCUT2D eigenvalue weighted by molar-refractivity contribution is 0.0948. The fourth-order valence-electron chi connectivity index (χ4n) is 2.14. The number of aryl methyl sites for hydroxylation is 1. The van der Waals surface area contributed by atoms with E-state index in [1.54, 1.807) is 0 Å². The van der Waals surface area contributed by atoms with Crippen molar-refractivity contribution in [3.05, 3.63) is 78.0 Å². The van der Waals surface area contributed by atoms with Crippen LogP contribution in [0.2, 0.25) is 0 Å². The third kappa shape index (κ3) is 3.05. The molecule has 21 heavy (non-hydrogen) atoms. The molecule has 0 atom stereocenters. The van der Waals surface area contributed by atoms with Crippen LogP contribution in [-0.4, -0.2) is 10.5 Å². The van der Waals surface area contributed by atoms with Gasteiger partial charge in [-0.2, -0.15) is 0 Å². The summed E-state index contributed by atoms with van der Waals surface area (Å²) in [6.07, 6.45) is 3.93. The number of hydrogen-bond acceptors (Lipinski definition) is 2. The van der Waals surface area contributed by atoms with E-state index in [2.05, 4.69) is 5.32 Å². The average Bonchev–Trinajstić information content (AvgIpc) is 3.16. The Labute approximate surface area is 123 Å². The van der Waals surface area contributed by atoms with Crippen molar-refractivity contribution in [2.75, 3.05) is 0 Å². The van der Waals surface area contributed by atoms with Gasteiger partial charge in [-0.05, 0) is 55.5 Å². The molecule has 0 bridgehead atoms. The summed E-state index contributed by atoms with van der Waals surface area (Å²) >= 11 is 0. The van der Waals surface area contributed by atoms with E-state index in [1.165, 1.54) is 0 Å². The second-order valence-corrected chi connectivity index (χ2v) is 4.83. The molecule has 0 spiro atoms. The highest BCUT2D eigenvalue weighted by atomic mass is 16.3. The molecular weight excluding hydrogens is 264 g/mol. The molecule has 0 saturated carbocycles. The van der Waals surface area contributed by atoms with Crippen molar-refractivity contribution in [3.8, 4) is 5.69 Å². The average molecular weight is 280 g/mol. The molecule has 1 aromatic carbocycles. The van der Waals surface area contributed by atoms with Crippen molar-refractivity contribution in [1.29, 1.82) is 0 Å². The first-order chi connectivity index (χ1) is 10.2. The predicted molar refractivity (Wildman–Crippen MR) is 80.4 cm³/mol. The first kappa shape index (κ1) is 13.2. The van der Waals surface area contributed by atoms with Crippen LogP contribution in [0, 0.1) is 6.92 Å². The molecule has 1 N–H and O–H groups in total. The summed E-state index contributed by atoms with van der Waals surface area (Å²) < 4.78 is 7.41. The molecule has 0 radical (unpaired) electrons. The molecule has 1 amide bonds. The second-order valence-electron chi connectivity index (χ2n) is 4.83. The topological polar surface area (TPSA) is 47.2 Å². The lowest BCUT2D eigenvalue weighted by Gasteiger charge is -2.06. The Morgan fingerprint density at radius 3 is 2.43 bits per heavy atom. The fraction of sp³-hybridized carbons (Fsp3) is 0.118. The van der Waals surface area contributed by atoms with E-state index in [9.17, 15) is 4.79 Å². The van der Waals surface area contributed by atoms with Gasteiger partial charge in [-0.25, -0.2) is 0 Å². The summed E-state index contributed by atoms with van der Waals surface area (Å²) in [5, 5.41) is 2.84. The van der Waals surface area contributed by atoms with E-state index >= 15 is 0 Å². The highest BCUT2D eigenvalue weighted by molar-refractivity contribution is 5.94. The predicted octanol–water partition coefficient (Wildman–Crippen LogP) is 3.31. The SMILES string of the molecule is Cc1ccc(CNC(=O)c2ccc(-n3cccc3)cc2)o1. The Bertz CT molecular complexity index is 725. The molecule has 2 aromatic heterocycles. The Morgan fingerprint density at radius 1 is 1.10 bits per heavy atom. The van der Waals surface area contributed by atoms with Gasteiger partial charge in [-0.1, -0.05) is 0 Å². The molecule has 0 aliphatic heterocycles. The van der Waals surface area contributed by atoms with Gasteiger partial charge in [0, 0.05) is 23.6 Å². The van der Waals surface area contributed by atoms with Gasteiger partial charge in [0.1, 0.15) is 11.5 Å². The van der Waals surface area contributed by atoms with Gasteiger partial charge in [-0.3, -0.25) is 4.79 Å². The van der Waals surface area contributed by atoms with Gasteiger partial charge in [0.05, 0.1) is 6.54 Å². The van der Waals surface area contributed by atoms with Gasteiger partial charge >= 0.3 is 0 Å². The van der Waals surface area contributed by atoms with Crippen LogP contribution in [0.3, 0.4) is 0 Å². The third-order valence-corrected chi connectivity index (χ3v) is 3.25. The third-order valence-electron chi connectivity index (χ3n) is 3.25. The molecular formula is C17H16N2O2. The molecule has 0 aliphatic rings. The maximum Gasteiger partial charge on any atom is 0.251 e. The number of nitrogens with one attached hydrogen (secondary N) is 1. The normalized spacial score (nSPS) is 10.5. The Morgan fingerprint density at radius 2 is 1.81 bits per heavy atom. The Hall–Kier alpha value is -2.75. The summed E-state index contributed by atoms with van der Waals surface area (Å²) in [7, 11) is 0. The lowest BCUT2D eigenvalue weighted by Crippen LogP contribution is -2.22. The first-order valence-corrected chi connectivity index (χ1v) is 6.79. The minimum atomic E-state index is -0.108. The maximum absolute atomic E-state index is 12.1. The molecule has 3 aromatic rings. The van der Waals surface area contributed by atoms with Gasteiger partial charge in [0.25, 0.3) is 5.91 Å². The van der Waals surface area contributed by atoms with E-state index in [-0.39, 0.29) is 5.91 Å². The van der Waals surface area contributed by atoms with Crippen molar-refractivity contribution < 1.29 is 9.21 Å². The number of carbonyl (C=O) groups excluding carboxylic acids is 1. The van der Waals surface area contributed by atoms with E-state index in [0.717, 1.165) is 17.2 Å². The lowest BCUT2D eigenvalue weighted by atomic mass is 10.2. The van der Waals surface area contributed by atoms with E-state index in [4.69, 9.17) is 4.42 Å². The van der Waals surface area contributed by atoms with E-state index < -0.39 is 0 Å². The number of furan rings is 1. The number of aromatic nitrogens is 1. The number of carbonyl (C=O) groups is 1. The highest BCUT2D eigenvalue weighted by Crippen LogP contribution is 2.11. The minimum absolute atomic E-state index is 0.108. The smallest absolute Gasteiger partial charge is 0.251 e. The molecule has 2 heterocycles. The van der Waals surface area contributed by atoms with Crippen LogP contribution in [0.15, 0.2) is 65.3 Å². The molecule has 106 valence electrons. The molecule has 4 nitrogen and oxygen atoms in total. The summed E-state index contributed by atoms with van der Waals surface area (Å²) in [6.45, 7) is 2.28. The Balaban J connectivity index is 1.65. The van der Waals surface area contributed by atoms with Gasteiger partial charge in [0.15, 0.2) is 0 Å². The van der Waals surface area contributed by atoms with E-state index in [0.29, 0.717) is 12.1 Å². The molecule has 0 fully saturated rings. The molecule has 4 heteroatoms. The van der Waals surface area contributed by atoms with Gasteiger partial charge < -0.3 is 14.3 Å². The van der Waals surface area contributed by atoms with Crippen LogP contribution in [0.5, 0.6) is 0 Å². The minimum Gasteiger partial charge on any atom is -0.465 e. The van der Waals surface area contributed by atoms with Crippen LogP contribution >= 0.6 is 0 Å². The van der Waals surface area contributed by atoms with Crippen LogP contribution in [0.25, 0.3) is 5.69 Å². The van der Waals surface area contributed by atoms with Crippen molar-refractivity contribution >= 4 is 5.91 Å². The number of benzene rings is 1. The number of rotatable bonds is 4. The monoisotopic (exact) mass is 280 g/mol. The molecule has 0 aliphatic carbocycles. The Kier molecular flexibility index (Phi) is 3.60. The van der Waals surface area contributed by atoms with E-state index in [1.807, 2.05) is 72.4 Å². The molecule has 0 unspecified atom stereocenters. The van der Waals surface area contributed by atoms with Crippen LogP contribution in [0.4, 0.5) is 0 Å². The second kappa shape index (κ2) is 5.71. The first-order valence-electron chi connectivity index (χ1n) is 6.79. The van der Waals surface area contributed by atoms with Crippen molar-refractivity contribution in [2.45, 2.75) is 13.5 Å². The summed E-state index contributed by atoms with van der Waals surface area (Å²) in [5.41, 5.74) is 1.66. The van der Waals surface area contributed by atoms with Gasteiger partial charge in [0.2, 0.25) is 0 Å². The van der Waals surface area contributed by atoms with Crippen LogP contribution < -0.4 is 5.32 Å². The fourth-order valence-corrected chi connectivity index (χ4v) is 2.14. The standard InChI is InChI=1S/C17H16N2O2/c1-13-4-9-16(21-13)12-18-17(20)14-5-7-15(8-6-14)19-10-2-3-11-19/h2-11H,12H2,1H3,(H,18,20). The van der Waals surface area contributed by atoms with Gasteiger partial charge in [-0.15, -0.1) is 0 Å². The number of amides is 1. The number of nitrogens with zero attached hydrogens (tertiary/aromatic N) is 1. The summed E-state index contributed by atoms with van der Waals surface area (Å²) in [4.78, 5) is 12.1. The zero-order valence-corrected chi connectivity index (χ0v) is 11.7. The number of hydrogen-bond donors (Lipinski definition) is 1. The maximum atomic E-state index is 12.1. The largest absolute Gasteiger partial charge is 0.465 e. The zero-order valence-electron chi connectivity index (χ0n) is 11.7.